The van der Waals surface area contributed by atoms with Crippen LogP contribution in [0, 0.1) is 6.54 Å². The Morgan fingerprint density at radius 2 is 2.20 bits per heavy atom. The smallest absolute Gasteiger partial charge is 0.349 e. The zero-order valence-corrected chi connectivity index (χ0v) is 4.72. The lowest BCUT2D eigenvalue weighted by molar-refractivity contribution is -0.339. The van der Waals surface area contributed by atoms with Gasteiger partial charge in [-0.25, -0.2) is 0 Å². The highest BCUT2D eigenvalue weighted by Crippen LogP contribution is 2.19. The van der Waals surface area contributed by atoms with Crippen molar-refractivity contribution in [2.24, 2.45) is 4.99 Å². The van der Waals surface area contributed by atoms with Gasteiger partial charge in [-0.3, -0.25) is 9.73 Å². The number of ether oxygens (including phenoxy) is 1. The molecule has 1 atom stereocenters. The second kappa shape index (κ2) is 2.45. The minimum absolute atomic E-state index is 1.02. The molecule has 1 radical (unpaired) electrons. The Balaban J connectivity index is 2.26. The van der Waals surface area contributed by atoms with Crippen LogP contribution >= 0.6 is 0 Å². The lowest BCUT2D eigenvalue weighted by Gasteiger charge is -2.12. The second-order valence-electron chi connectivity index (χ2n) is 1.58. The molecule has 0 saturated carbocycles. The number of nitrogens with one attached hydrogen (secondary N) is 1. The average molecular weight is 153 g/mol. The van der Waals surface area contributed by atoms with Gasteiger partial charge in [-0.15, -0.1) is 13.2 Å². The van der Waals surface area contributed by atoms with Crippen molar-refractivity contribution in [3.05, 3.63) is 6.54 Å². The zero-order chi connectivity index (χ0) is 7.61. The lowest BCUT2D eigenvalue weighted by atomic mass is 10.6. The first-order valence-corrected chi connectivity index (χ1v) is 2.43. The third kappa shape index (κ3) is 2.22. The van der Waals surface area contributed by atoms with Gasteiger partial charge in [-0.1, -0.05) is 0 Å². The normalized spacial score (nSPS) is 24.9. The molecule has 0 aromatic heterocycles. The summed E-state index contributed by atoms with van der Waals surface area (Å²) in [5, 5.41) is 2.22. The van der Waals surface area contributed by atoms with E-state index in [2.05, 4.69) is 15.0 Å². The Kier molecular flexibility index (Phi) is 1.80. The van der Waals surface area contributed by atoms with Crippen LogP contribution in [0.25, 0.3) is 0 Å². The molecular weight excluding hydrogens is 149 g/mol. The summed E-state index contributed by atoms with van der Waals surface area (Å²) in [6, 6.07) is 0. The molecule has 0 fully saturated rings. The first-order valence-electron chi connectivity index (χ1n) is 2.43. The maximum absolute atomic E-state index is 11.4. The second-order valence-corrected chi connectivity index (χ2v) is 1.58. The zero-order valence-electron chi connectivity index (χ0n) is 4.72. The number of alkyl halides is 3. The average Bonchev–Trinajstić information content (AvgIpc) is 2.12. The summed E-state index contributed by atoms with van der Waals surface area (Å²) in [7, 11) is 0. The van der Waals surface area contributed by atoms with Crippen LogP contribution in [0.5, 0.6) is 0 Å². The number of nitrogens with zero attached hydrogens (tertiary/aromatic N) is 1. The summed E-state index contributed by atoms with van der Waals surface area (Å²) in [4.78, 5) is 3.36. The predicted molar refractivity (Wildman–Crippen MR) is 26.9 cm³/mol. The van der Waals surface area contributed by atoms with Crippen molar-refractivity contribution in [3.63, 3.8) is 0 Å². The van der Waals surface area contributed by atoms with Crippen LogP contribution in [0.3, 0.4) is 0 Å². The van der Waals surface area contributed by atoms with E-state index in [0.717, 1.165) is 12.9 Å². The van der Waals surface area contributed by atoms with Crippen LogP contribution in [0.2, 0.25) is 0 Å². The van der Waals surface area contributed by atoms with Crippen LogP contribution in [-0.4, -0.2) is 18.9 Å². The van der Waals surface area contributed by atoms with Crippen LogP contribution in [0.4, 0.5) is 13.2 Å². The van der Waals surface area contributed by atoms with Gasteiger partial charge < -0.3 is 5.32 Å². The van der Waals surface area contributed by atoms with Crippen LogP contribution < -0.4 is 5.32 Å². The van der Waals surface area contributed by atoms with Crippen molar-refractivity contribution < 1.29 is 17.9 Å². The van der Waals surface area contributed by atoms with Gasteiger partial charge in [0, 0.05) is 0 Å². The van der Waals surface area contributed by atoms with Crippen molar-refractivity contribution in [1.82, 2.24) is 5.32 Å². The van der Waals surface area contributed by atoms with Crippen LogP contribution in [-0.2, 0) is 4.74 Å². The summed E-state index contributed by atoms with van der Waals surface area (Å²) in [6.45, 7) is 1.02. The molecule has 1 aliphatic heterocycles. The van der Waals surface area contributed by atoms with Gasteiger partial charge in [0.25, 0.3) is 0 Å². The molecule has 1 aliphatic rings. The van der Waals surface area contributed by atoms with E-state index >= 15 is 0 Å². The molecule has 1 rings (SSSR count). The summed E-state index contributed by atoms with van der Waals surface area (Å²) in [6.07, 6.45) is -4.64. The van der Waals surface area contributed by atoms with Gasteiger partial charge in [0.05, 0.1) is 6.34 Å². The highest BCUT2D eigenvalue weighted by Gasteiger charge is 2.34. The van der Waals surface area contributed by atoms with E-state index in [1.807, 2.05) is 0 Å². The first-order chi connectivity index (χ1) is 4.58. The Labute approximate surface area is 54.9 Å². The molecule has 0 amide bonds. The Hall–Kier alpha value is -0.780. The van der Waals surface area contributed by atoms with Gasteiger partial charge >= 0.3 is 6.36 Å². The molecule has 0 aliphatic carbocycles. The number of hydrogen-bond donors (Lipinski definition) is 1. The molecule has 0 aromatic rings. The van der Waals surface area contributed by atoms with Gasteiger partial charge in [0.2, 0.25) is 0 Å². The molecule has 1 heterocycles. The standard InChI is InChI=1S/C4H4F3N2O/c5-4(6,7)10-3-1-8-2-9-3/h1-3H,(H,8,9). The largest absolute Gasteiger partial charge is 0.524 e. The van der Waals surface area contributed by atoms with Gasteiger partial charge in [-0.05, 0) is 0 Å². The van der Waals surface area contributed by atoms with Crippen molar-refractivity contribution in [2.75, 3.05) is 0 Å². The van der Waals surface area contributed by atoms with E-state index in [4.69, 9.17) is 0 Å². The molecule has 0 spiro atoms. The number of halogens is 3. The Morgan fingerprint density at radius 3 is 2.60 bits per heavy atom. The lowest BCUT2D eigenvalue weighted by Crippen LogP contribution is -2.32. The van der Waals surface area contributed by atoms with Crippen LogP contribution in [0.15, 0.2) is 4.99 Å². The molecular formula is C4H4F3N2O. The van der Waals surface area contributed by atoms with E-state index in [1.54, 1.807) is 0 Å². The van der Waals surface area contributed by atoms with E-state index in [9.17, 15) is 13.2 Å². The fourth-order valence-electron chi connectivity index (χ4n) is 0.489. The molecule has 10 heavy (non-hydrogen) atoms. The van der Waals surface area contributed by atoms with E-state index < -0.39 is 12.6 Å². The third-order valence-corrected chi connectivity index (χ3v) is 0.795. The maximum Gasteiger partial charge on any atom is 0.524 e. The van der Waals surface area contributed by atoms with Crippen LogP contribution in [0.1, 0.15) is 0 Å². The van der Waals surface area contributed by atoms with Gasteiger partial charge in [0.1, 0.15) is 6.54 Å². The highest BCUT2D eigenvalue weighted by molar-refractivity contribution is 5.58. The van der Waals surface area contributed by atoms with Crippen molar-refractivity contribution in [2.45, 2.75) is 12.6 Å². The molecule has 3 nitrogen and oxygen atoms in total. The first kappa shape index (κ1) is 7.33. The minimum atomic E-state index is -4.61. The minimum Gasteiger partial charge on any atom is -0.349 e. The summed E-state index contributed by atoms with van der Waals surface area (Å²) >= 11 is 0. The fraction of sp³-hybridized carbons (Fsp3) is 0.500. The predicted octanol–water partition coefficient (Wildman–Crippen LogP) is 0.642. The van der Waals surface area contributed by atoms with E-state index in [1.165, 1.54) is 0 Å². The van der Waals surface area contributed by atoms with Gasteiger partial charge in [0.15, 0.2) is 6.23 Å². The van der Waals surface area contributed by atoms with Gasteiger partial charge in [-0.2, -0.15) is 0 Å². The summed E-state index contributed by atoms with van der Waals surface area (Å²) in [5.41, 5.74) is 0. The maximum atomic E-state index is 11.4. The molecule has 6 heteroatoms. The summed E-state index contributed by atoms with van der Waals surface area (Å²) < 4.78 is 37.6. The highest BCUT2D eigenvalue weighted by atomic mass is 19.4. The van der Waals surface area contributed by atoms with Crippen molar-refractivity contribution in [1.29, 1.82) is 0 Å². The number of hydrogen-bond acceptors (Lipinski definition) is 3. The van der Waals surface area contributed by atoms with E-state index in [-0.39, 0.29) is 0 Å². The number of rotatable bonds is 1. The SMILES string of the molecule is FC(F)(F)OC1[CH]N=CN1. The molecule has 1 unspecified atom stereocenters. The number of aliphatic imine (C=N–C) groups is 1. The van der Waals surface area contributed by atoms with E-state index in [0.29, 0.717) is 0 Å². The fourth-order valence-corrected chi connectivity index (χ4v) is 0.489. The Morgan fingerprint density at radius 1 is 1.50 bits per heavy atom. The summed E-state index contributed by atoms with van der Waals surface area (Å²) in [5.74, 6) is 0. The van der Waals surface area contributed by atoms with Crippen molar-refractivity contribution >= 4 is 6.34 Å². The molecule has 0 aromatic carbocycles. The topological polar surface area (TPSA) is 33.6 Å². The third-order valence-electron chi connectivity index (χ3n) is 0.795. The monoisotopic (exact) mass is 153 g/mol. The van der Waals surface area contributed by atoms with Crippen molar-refractivity contribution in [3.8, 4) is 0 Å². The molecule has 57 valence electrons. The quantitative estimate of drug-likeness (QED) is 0.599. The molecule has 1 N–H and O–H groups in total. The Bertz CT molecular complexity index is 136. The molecule has 0 bridgehead atoms. The molecule has 0 saturated heterocycles.